The third-order valence-electron chi connectivity index (χ3n) is 6.22. The molecule has 0 saturated carbocycles. The standard InChI is InChI=1S/C29H34FN5O5/c1-18(2)13-24-27-21(22(30)16-31-24)15-20(32-27)17-35-12-8-9-19(28(35)38)14-25(36)23(33-29(39)40-5)10-6-7-11-26(37)34(3)4/h7-9,11-13,16,23H,6,10,14-15,17H2,1-5H3,(H,33,39)/b11-7+/t23-/m0/s1. The molecule has 0 saturated heterocycles. The molecular weight excluding hydrogens is 517 g/mol. The Kier molecular flexibility index (Phi) is 10.2. The van der Waals surface area contributed by atoms with Gasteiger partial charge in [-0.3, -0.25) is 24.4 Å². The fourth-order valence-corrected chi connectivity index (χ4v) is 4.16. The number of carbonyl (C=O) groups is 3. The predicted molar refractivity (Wildman–Crippen MR) is 150 cm³/mol. The second-order valence-electron chi connectivity index (χ2n) is 9.91. The second-order valence-corrected chi connectivity index (χ2v) is 9.91. The molecule has 212 valence electrons. The van der Waals surface area contributed by atoms with Gasteiger partial charge in [0.25, 0.3) is 5.56 Å². The highest BCUT2D eigenvalue weighted by Gasteiger charge is 2.24. The van der Waals surface area contributed by atoms with Crippen LogP contribution in [0.3, 0.4) is 0 Å². The van der Waals surface area contributed by atoms with E-state index in [4.69, 9.17) is 0 Å². The summed E-state index contributed by atoms with van der Waals surface area (Å²) in [5.74, 6) is -1.02. The first-order valence-electron chi connectivity index (χ1n) is 12.8. The number of nitrogens with one attached hydrogen (secondary N) is 1. The normalized spacial score (nSPS) is 12.9. The molecule has 2 aromatic heterocycles. The van der Waals surface area contributed by atoms with Gasteiger partial charge in [-0.15, -0.1) is 0 Å². The van der Waals surface area contributed by atoms with Crippen LogP contribution in [0.15, 0.2) is 52.0 Å². The van der Waals surface area contributed by atoms with Crippen molar-refractivity contribution < 1.29 is 23.5 Å². The molecule has 0 radical (unpaired) electrons. The molecule has 1 aliphatic rings. The van der Waals surface area contributed by atoms with E-state index in [1.807, 2.05) is 19.9 Å². The number of halogens is 1. The summed E-state index contributed by atoms with van der Waals surface area (Å²) in [5.41, 5.74) is 2.94. The number of Topliss-reactive ketones (excluding diaryl/α,β-unsaturated/α-hetero) is 1. The second kappa shape index (κ2) is 13.6. The van der Waals surface area contributed by atoms with Crippen molar-refractivity contribution in [3.8, 4) is 0 Å². The Bertz CT molecular complexity index is 1440. The average Bonchev–Trinajstić information content (AvgIpc) is 3.34. The van der Waals surface area contributed by atoms with Crippen LogP contribution in [0.25, 0.3) is 6.08 Å². The zero-order valence-corrected chi connectivity index (χ0v) is 23.4. The van der Waals surface area contributed by atoms with Gasteiger partial charge in [0, 0.05) is 50.0 Å². The van der Waals surface area contributed by atoms with Crippen LogP contribution in [-0.4, -0.2) is 65.2 Å². The molecule has 10 nitrogen and oxygen atoms in total. The molecule has 0 aliphatic carbocycles. The highest BCUT2D eigenvalue weighted by atomic mass is 19.1. The van der Waals surface area contributed by atoms with Crippen LogP contribution >= 0.6 is 0 Å². The van der Waals surface area contributed by atoms with Gasteiger partial charge < -0.3 is 19.5 Å². The predicted octanol–water partition coefficient (Wildman–Crippen LogP) is 3.40. The number of aromatic nitrogens is 2. The van der Waals surface area contributed by atoms with E-state index in [9.17, 15) is 23.6 Å². The summed E-state index contributed by atoms with van der Waals surface area (Å²) in [5, 5.41) is 2.51. The van der Waals surface area contributed by atoms with Crippen molar-refractivity contribution in [2.24, 2.45) is 4.99 Å². The number of aliphatic imine (C=N–C) groups is 1. The number of nitrogens with zero attached hydrogens (tertiary/aromatic N) is 4. The lowest BCUT2D eigenvalue weighted by Gasteiger charge is -2.16. The summed E-state index contributed by atoms with van der Waals surface area (Å²) >= 11 is 0. The molecule has 3 rings (SSSR count). The lowest BCUT2D eigenvalue weighted by atomic mass is 10.0. The van der Waals surface area contributed by atoms with E-state index in [0.717, 1.165) is 5.57 Å². The number of rotatable bonds is 11. The van der Waals surface area contributed by atoms with Crippen molar-refractivity contribution in [1.82, 2.24) is 19.8 Å². The van der Waals surface area contributed by atoms with E-state index in [2.05, 4.69) is 20.0 Å². The number of alkyl carbamates (subject to hydrolysis) is 1. The van der Waals surface area contributed by atoms with Crippen LogP contribution in [0.4, 0.5) is 14.9 Å². The number of allylic oxidation sites excluding steroid dienone is 2. The SMILES string of the molecule is COC(=O)N[C@@H](CC/C=C/C(=O)N(C)C)C(=O)Cc1cccn(CC2=Nc3c(C=C(C)C)ncc(F)c3C2)c1=O. The number of pyridine rings is 2. The van der Waals surface area contributed by atoms with Crippen molar-refractivity contribution in [3.63, 3.8) is 0 Å². The summed E-state index contributed by atoms with van der Waals surface area (Å²) in [6.45, 7) is 3.95. The number of methoxy groups -OCH3 is 1. The Labute approximate surface area is 232 Å². The summed E-state index contributed by atoms with van der Waals surface area (Å²) in [7, 11) is 4.44. The first kappa shape index (κ1) is 30.1. The minimum atomic E-state index is -0.919. The maximum absolute atomic E-state index is 14.5. The minimum Gasteiger partial charge on any atom is -0.453 e. The maximum atomic E-state index is 14.5. The van der Waals surface area contributed by atoms with Gasteiger partial charge in [0.05, 0.1) is 37.3 Å². The van der Waals surface area contributed by atoms with E-state index in [-0.39, 0.29) is 48.6 Å². The summed E-state index contributed by atoms with van der Waals surface area (Å²) in [4.78, 5) is 60.1. The van der Waals surface area contributed by atoms with Crippen LogP contribution in [-0.2, 0) is 33.7 Å². The van der Waals surface area contributed by atoms with Crippen LogP contribution in [0.5, 0.6) is 0 Å². The van der Waals surface area contributed by atoms with Crippen molar-refractivity contribution in [3.05, 3.63) is 75.2 Å². The summed E-state index contributed by atoms with van der Waals surface area (Å²) in [6.07, 6.45) is 7.44. The Morgan fingerprint density at radius 1 is 1.27 bits per heavy atom. The zero-order chi connectivity index (χ0) is 29.4. The zero-order valence-electron chi connectivity index (χ0n) is 23.4. The molecular formula is C29H34FN5O5. The van der Waals surface area contributed by atoms with Gasteiger partial charge in [0.15, 0.2) is 5.78 Å². The Morgan fingerprint density at radius 2 is 2.02 bits per heavy atom. The van der Waals surface area contributed by atoms with Gasteiger partial charge in [-0.1, -0.05) is 17.7 Å². The van der Waals surface area contributed by atoms with Crippen molar-refractivity contribution >= 4 is 35.3 Å². The number of hydrogen-bond acceptors (Lipinski definition) is 7. The molecule has 11 heteroatoms. The molecule has 2 amide bonds. The first-order chi connectivity index (χ1) is 19.0. The molecule has 0 unspecified atom stereocenters. The first-order valence-corrected chi connectivity index (χ1v) is 12.8. The monoisotopic (exact) mass is 551 g/mol. The van der Waals surface area contributed by atoms with Gasteiger partial charge in [-0.05, 0) is 44.9 Å². The number of likely N-dealkylation sites (N-methyl/N-ethyl adjacent to an activating group) is 1. The van der Waals surface area contributed by atoms with Gasteiger partial charge >= 0.3 is 6.09 Å². The molecule has 0 bridgehead atoms. The van der Waals surface area contributed by atoms with E-state index in [0.29, 0.717) is 29.1 Å². The van der Waals surface area contributed by atoms with E-state index >= 15 is 0 Å². The fraction of sp³-hybridized carbons (Fsp3) is 0.379. The van der Waals surface area contributed by atoms with Crippen LogP contribution in [0, 0.1) is 5.82 Å². The van der Waals surface area contributed by atoms with Crippen molar-refractivity contribution in [1.29, 1.82) is 0 Å². The molecule has 40 heavy (non-hydrogen) atoms. The quantitative estimate of drug-likeness (QED) is 0.427. The van der Waals surface area contributed by atoms with Gasteiger partial charge in [-0.2, -0.15) is 0 Å². The summed E-state index contributed by atoms with van der Waals surface area (Å²) < 4.78 is 20.5. The Morgan fingerprint density at radius 3 is 2.70 bits per heavy atom. The molecule has 0 fully saturated rings. The number of carbonyl (C=O) groups excluding carboxylic acids is 3. The minimum absolute atomic E-state index is 0.123. The molecule has 1 N–H and O–H groups in total. The summed E-state index contributed by atoms with van der Waals surface area (Å²) in [6, 6.07) is 2.29. The largest absolute Gasteiger partial charge is 0.453 e. The van der Waals surface area contributed by atoms with Crippen LogP contribution < -0.4 is 10.9 Å². The Hall–Kier alpha value is -4.41. The maximum Gasteiger partial charge on any atom is 0.407 e. The van der Waals surface area contributed by atoms with E-state index < -0.39 is 18.0 Å². The Balaban J connectivity index is 1.76. The van der Waals surface area contributed by atoms with E-state index in [1.165, 1.54) is 28.8 Å². The third-order valence-corrected chi connectivity index (χ3v) is 6.22. The highest BCUT2D eigenvalue weighted by molar-refractivity contribution is 5.95. The molecule has 0 spiro atoms. The number of ether oxygens (including phenoxy) is 1. The number of ketones is 1. The van der Waals surface area contributed by atoms with Gasteiger partial charge in [0.1, 0.15) is 5.82 Å². The van der Waals surface area contributed by atoms with Crippen molar-refractivity contribution in [2.45, 2.75) is 52.1 Å². The number of fused-ring (bicyclic) bond motifs is 1. The van der Waals surface area contributed by atoms with Crippen LogP contribution in [0.1, 0.15) is 43.5 Å². The third kappa shape index (κ3) is 7.81. The molecule has 2 aromatic rings. The van der Waals surface area contributed by atoms with Crippen LogP contribution in [0.2, 0.25) is 0 Å². The number of amides is 2. The van der Waals surface area contributed by atoms with Gasteiger partial charge in [0.2, 0.25) is 5.91 Å². The average molecular weight is 552 g/mol. The molecule has 3 heterocycles. The topological polar surface area (TPSA) is 123 Å². The van der Waals surface area contributed by atoms with Gasteiger partial charge in [-0.25, -0.2) is 9.18 Å². The smallest absolute Gasteiger partial charge is 0.407 e. The van der Waals surface area contributed by atoms with Crippen molar-refractivity contribution in [2.75, 3.05) is 21.2 Å². The lowest BCUT2D eigenvalue weighted by molar-refractivity contribution is -0.123. The molecule has 1 aliphatic heterocycles. The lowest BCUT2D eigenvalue weighted by Crippen LogP contribution is -2.42. The molecule has 1 atom stereocenters. The highest BCUT2D eigenvalue weighted by Crippen LogP contribution is 2.33. The van der Waals surface area contributed by atoms with E-state index in [1.54, 1.807) is 38.5 Å². The number of hydrogen-bond donors (Lipinski definition) is 1. The fourth-order valence-electron chi connectivity index (χ4n) is 4.16. The molecule has 0 aromatic carbocycles.